The van der Waals surface area contributed by atoms with E-state index in [9.17, 15) is 22.8 Å². The lowest BCUT2D eigenvalue weighted by Crippen LogP contribution is -2.31. The van der Waals surface area contributed by atoms with Gasteiger partial charge in [-0.3, -0.25) is 9.59 Å². The Hall–Kier alpha value is -2.77. The van der Waals surface area contributed by atoms with Gasteiger partial charge in [0.1, 0.15) is 6.54 Å². The normalized spacial score (nSPS) is 14.7. The van der Waals surface area contributed by atoms with Crippen LogP contribution >= 0.6 is 0 Å². The summed E-state index contributed by atoms with van der Waals surface area (Å²) >= 11 is 0. The number of aromatic nitrogens is 1. The number of aryl methyl sites for hydroxylation is 2. The summed E-state index contributed by atoms with van der Waals surface area (Å²) in [5.74, 6) is -0.447. The molecular formula is C21H24F3N3O2. The molecule has 8 heteroatoms. The summed E-state index contributed by atoms with van der Waals surface area (Å²) < 4.78 is 41.3. The molecule has 0 spiro atoms. The van der Waals surface area contributed by atoms with Crippen LogP contribution < -0.4 is 15.6 Å². The van der Waals surface area contributed by atoms with E-state index < -0.39 is 17.6 Å². The molecule has 1 aromatic carbocycles. The van der Waals surface area contributed by atoms with Gasteiger partial charge < -0.3 is 14.8 Å². The van der Waals surface area contributed by atoms with Gasteiger partial charge in [0.25, 0.3) is 0 Å². The summed E-state index contributed by atoms with van der Waals surface area (Å²) in [6.45, 7) is 4.82. The Morgan fingerprint density at radius 2 is 1.66 bits per heavy atom. The predicted molar refractivity (Wildman–Crippen MR) is 106 cm³/mol. The van der Waals surface area contributed by atoms with Crippen LogP contribution in [0.1, 0.15) is 36.2 Å². The van der Waals surface area contributed by atoms with Crippen LogP contribution in [0.25, 0.3) is 0 Å². The molecule has 0 atom stereocenters. The summed E-state index contributed by atoms with van der Waals surface area (Å²) in [6.07, 6.45) is -1.48. The van der Waals surface area contributed by atoms with Gasteiger partial charge in [-0.15, -0.1) is 0 Å². The highest BCUT2D eigenvalue weighted by Gasteiger charge is 2.32. The third kappa shape index (κ3) is 4.99. The molecule has 1 N–H and O–H groups in total. The van der Waals surface area contributed by atoms with Crippen molar-refractivity contribution in [3.8, 4) is 0 Å². The largest absolute Gasteiger partial charge is 0.416 e. The van der Waals surface area contributed by atoms with Crippen LogP contribution in [0.15, 0.2) is 35.1 Å². The molecule has 0 unspecified atom stereocenters. The third-order valence-corrected chi connectivity index (χ3v) is 5.15. The zero-order valence-electron chi connectivity index (χ0n) is 16.5. The Bertz CT molecular complexity index is 934. The molecule has 0 saturated carbocycles. The maximum absolute atomic E-state index is 13.2. The molecule has 2 heterocycles. The quantitative estimate of drug-likeness (QED) is 0.830. The fraction of sp³-hybridized carbons (Fsp3) is 0.429. The van der Waals surface area contributed by atoms with E-state index in [1.165, 1.54) is 18.2 Å². The lowest BCUT2D eigenvalue weighted by Gasteiger charge is -2.31. The van der Waals surface area contributed by atoms with E-state index in [2.05, 4.69) is 5.32 Å². The van der Waals surface area contributed by atoms with Gasteiger partial charge in [-0.2, -0.15) is 13.2 Å². The first-order valence-corrected chi connectivity index (χ1v) is 9.59. The highest BCUT2D eigenvalue weighted by atomic mass is 19.4. The predicted octanol–water partition coefficient (Wildman–Crippen LogP) is 4.11. The maximum Gasteiger partial charge on any atom is 0.416 e. The number of halogens is 3. The number of benzene rings is 1. The summed E-state index contributed by atoms with van der Waals surface area (Å²) in [4.78, 5) is 26.2. The lowest BCUT2D eigenvalue weighted by atomic mass is 10.1. The Morgan fingerprint density at radius 3 is 2.24 bits per heavy atom. The topological polar surface area (TPSA) is 54.3 Å². The minimum Gasteiger partial charge on any atom is -0.370 e. The SMILES string of the molecule is Cc1cc(=O)cc(C)n1CC(=O)Nc1cc(C(F)(F)F)ccc1N1CCCCC1. The first-order chi connectivity index (χ1) is 13.6. The molecule has 156 valence electrons. The van der Waals surface area contributed by atoms with Gasteiger partial charge in [0.2, 0.25) is 5.91 Å². The van der Waals surface area contributed by atoms with Crippen molar-refractivity contribution in [2.24, 2.45) is 0 Å². The molecule has 0 radical (unpaired) electrons. The molecule has 1 aliphatic rings. The van der Waals surface area contributed by atoms with E-state index in [-0.39, 0.29) is 17.7 Å². The van der Waals surface area contributed by atoms with Gasteiger partial charge in [-0.05, 0) is 51.3 Å². The van der Waals surface area contributed by atoms with Crippen molar-refractivity contribution in [3.63, 3.8) is 0 Å². The highest BCUT2D eigenvalue weighted by molar-refractivity contribution is 5.94. The molecule has 1 aliphatic heterocycles. The van der Waals surface area contributed by atoms with Gasteiger partial charge in [-0.25, -0.2) is 0 Å². The molecule has 2 aromatic rings. The molecular weight excluding hydrogens is 383 g/mol. The van der Waals surface area contributed by atoms with E-state index in [4.69, 9.17) is 0 Å². The van der Waals surface area contributed by atoms with Crippen LogP contribution in [-0.2, 0) is 17.5 Å². The molecule has 0 bridgehead atoms. The number of pyridine rings is 1. The number of hydrogen-bond acceptors (Lipinski definition) is 3. The number of hydrogen-bond donors (Lipinski definition) is 1. The van der Waals surface area contributed by atoms with Gasteiger partial charge >= 0.3 is 6.18 Å². The van der Waals surface area contributed by atoms with Crippen molar-refractivity contribution in [1.29, 1.82) is 0 Å². The first-order valence-electron chi connectivity index (χ1n) is 9.59. The van der Waals surface area contributed by atoms with Crippen LogP contribution in [-0.4, -0.2) is 23.6 Å². The Labute approximate surface area is 167 Å². The van der Waals surface area contributed by atoms with Gasteiger partial charge in [0, 0.05) is 36.6 Å². The van der Waals surface area contributed by atoms with Crippen LogP contribution in [0.4, 0.5) is 24.5 Å². The van der Waals surface area contributed by atoms with E-state index in [0.717, 1.165) is 44.5 Å². The van der Waals surface area contributed by atoms with Crippen molar-refractivity contribution in [3.05, 3.63) is 57.5 Å². The zero-order valence-corrected chi connectivity index (χ0v) is 16.5. The van der Waals surface area contributed by atoms with Crippen LogP contribution in [0.2, 0.25) is 0 Å². The molecule has 0 aliphatic carbocycles. The van der Waals surface area contributed by atoms with E-state index in [1.54, 1.807) is 18.4 Å². The first kappa shape index (κ1) is 21.0. The number of anilines is 2. The minimum atomic E-state index is -4.49. The highest BCUT2D eigenvalue weighted by Crippen LogP contribution is 2.36. The smallest absolute Gasteiger partial charge is 0.370 e. The molecule has 1 saturated heterocycles. The molecule has 5 nitrogen and oxygen atoms in total. The van der Waals surface area contributed by atoms with E-state index in [1.807, 2.05) is 4.90 Å². The van der Waals surface area contributed by atoms with Crippen molar-refractivity contribution < 1.29 is 18.0 Å². The monoisotopic (exact) mass is 407 g/mol. The third-order valence-electron chi connectivity index (χ3n) is 5.15. The molecule has 1 amide bonds. The number of piperidine rings is 1. The van der Waals surface area contributed by atoms with Crippen molar-refractivity contribution >= 4 is 17.3 Å². The molecule has 29 heavy (non-hydrogen) atoms. The number of carbonyl (C=O) groups excluding carboxylic acids is 1. The Balaban J connectivity index is 1.89. The summed E-state index contributed by atoms with van der Waals surface area (Å²) in [7, 11) is 0. The fourth-order valence-electron chi connectivity index (χ4n) is 3.69. The van der Waals surface area contributed by atoms with Gasteiger partial charge in [0.05, 0.1) is 16.9 Å². The fourth-order valence-corrected chi connectivity index (χ4v) is 3.69. The number of rotatable bonds is 4. The number of nitrogens with zero attached hydrogens (tertiary/aromatic N) is 2. The second kappa shape index (κ2) is 8.31. The van der Waals surface area contributed by atoms with Crippen LogP contribution in [0.3, 0.4) is 0 Å². The number of nitrogens with one attached hydrogen (secondary N) is 1. The van der Waals surface area contributed by atoms with Crippen molar-refractivity contribution in [2.45, 2.75) is 45.8 Å². The zero-order chi connectivity index (χ0) is 21.2. The van der Waals surface area contributed by atoms with Crippen LogP contribution in [0, 0.1) is 13.8 Å². The maximum atomic E-state index is 13.2. The van der Waals surface area contributed by atoms with Crippen molar-refractivity contribution in [2.75, 3.05) is 23.3 Å². The Morgan fingerprint density at radius 1 is 1.03 bits per heavy atom. The summed E-state index contributed by atoms with van der Waals surface area (Å²) in [5.41, 5.74) is 1.03. The summed E-state index contributed by atoms with van der Waals surface area (Å²) in [5, 5.41) is 2.66. The lowest BCUT2D eigenvalue weighted by molar-refractivity contribution is -0.137. The van der Waals surface area contributed by atoms with Gasteiger partial charge in [-0.1, -0.05) is 0 Å². The van der Waals surface area contributed by atoms with E-state index >= 15 is 0 Å². The second-order valence-corrected chi connectivity index (χ2v) is 7.39. The number of alkyl halides is 3. The average molecular weight is 407 g/mol. The van der Waals surface area contributed by atoms with E-state index in [0.29, 0.717) is 17.1 Å². The molecule has 1 fully saturated rings. The average Bonchev–Trinajstić information content (AvgIpc) is 2.64. The summed E-state index contributed by atoms with van der Waals surface area (Å²) in [6, 6.07) is 6.32. The van der Waals surface area contributed by atoms with Gasteiger partial charge in [0.15, 0.2) is 5.43 Å². The Kier molecular flexibility index (Phi) is 6.00. The number of carbonyl (C=O) groups is 1. The second-order valence-electron chi connectivity index (χ2n) is 7.39. The number of amides is 1. The molecule has 3 rings (SSSR count). The minimum absolute atomic E-state index is 0.0897. The van der Waals surface area contributed by atoms with Crippen molar-refractivity contribution in [1.82, 2.24) is 4.57 Å². The molecule has 1 aromatic heterocycles. The van der Waals surface area contributed by atoms with Crippen LogP contribution in [0.5, 0.6) is 0 Å². The standard InChI is InChI=1S/C21H24F3N3O2/c1-14-10-17(28)11-15(2)27(14)13-20(29)25-18-12-16(21(22,23)24)6-7-19(18)26-8-4-3-5-9-26/h6-7,10-12H,3-5,8-9,13H2,1-2H3,(H,25,29).